The number of dihydropyridines is 1. The van der Waals surface area contributed by atoms with Crippen LogP contribution in [0.3, 0.4) is 0 Å². The minimum Gasteiger partial charge on any atom is -0.493 e. The molecule has 0 bridgehead atoms. The molecule has 1 aromatic carbocycles. The molecule has 0 saturated heterocycles. The topological polar surface area (TPSA) is 103 Å². The quantitative estimate of drug-likeness (QED) is 0.443. The van der Waals surface area contributed by atoms with Crippen molar-refractivity contribution in [2.45, 2.75) is 64.7 Å². The van der Waals surface area contributed by atoms with E-state index in [9.17, 15) is 14.4 Å². The molecule has 2 N–H and O–H groups in total. The number of amides is 1. The molecule has 0 spiro atoms. The second-order valence-electron chi connectivity index (χ2n) is 9.94. The first kappa shape index (κ1) is 27.0. The Balaban J connectivity index is 1.62. The van der Waals surface area contributed by atoms with Crippen LogP contribution < -0.4 is 20.1 Å². The highest BCUT2D eigenvalue weighted by atomic mass is 32.1. The number of aryl methyl sites for hydroxylation is 1. The molecule has 2 aromatic rings. The number of fused-ring (bicyclic) bond motifs is 1. The highest BCUT2D eigenvalue weighted by molar-refractivity contribution is 7.17. The van der Waals surface area contributed by atoms with Crippen LogP contribution in [0.5, 0.6) is 11.5 Å². The molecule has 2 aliphatic carbocycles. The van der Waals surface area contributed by atoms with E-state index in [4.69, 9.17) is 14.2 Å². The number of anilines is 1. The number of rotatable bonds is 7. The van der Waals surface area contributed by atoms with Crippen LogP contribution >= 0.6 is 11.3 Å². The van der Waals surface area contributed by atoms with Gasteiger partial charge in [-0.05, 0) is 64.0 Å². The van der Waals surface area contributed by atoms with E-state index in [1.54, 1.807) is 27.2 Å². The summed E-state index contributed by atoms with van der Waals surface area (Å²) in [6.45, 7) is 3.88. The molecule has 0 saturated carbocycles. The number of carbonyl (C=O) groups is 3. The fourth-order valence-electron chi connectivity index (χ4n) is 5.98. The molecule has 8 nitrogen and oxygen atoms in total. The van der Waals surface area contributed by atoms with Crippen LogP contribution in [0.25, 0.3) is 0 Å². The van der Waals surface area contributed by atoms with E-state index in [1.807, 2.05) is 19.1 Å². The Labute approximate surface area is 232 Å². The molecular formula is C30H34N2O6S. The zero-order valence-corrected chi connectivity index (χ0v) is 23.6. The maximum absolute atomic E-state index is 14.2. The first-order valence-corrected chi connectivity index (χ1v) is 14.3. The summed E-state index contributed by atoms with van der Waals surface area (Å²) < 4.78 is 16.7. The Bertz CT molecular complexity index is 1400. The lowest BCUT2D eigenvalue weighted by Gasteiger charge is -2.35. The van der Waals surface area contributed by atoms with Gasteiger partial charge in [0.1, 0.15) is 5.00 Å². The highest BCUT2D eigenvalue weighted by Gasteiger charge is 2.41. The highest BCUT2D eigenvalue weighted by Crippen LogP contribution is 2.48. The van der Waals surface area contributed by atoms with Crippen LogP contribution in [0.15, 0.2) is 40.7 Å². The molecule has 3 aliphatic rings. The van der Waals surface area contributed by atoms with E-state index in [0.29, 0.717) is 50.9 Å². The molecule has 0 radical (unpaired) electrons. The van der Waals surface area contributed by atoms with Crippen LogP contribution in [0.2, 0.25) is 0 Å². The van der Waals surface area contributed by atoms with Crippen molar-refractivity contribution in [1.82, 2.24) is 5.32 Å². The first-order valence-electron chi connectivity index (χ1n) is 13.5. The van der Waals surface area contributed by atoms with Crippen LogP contribution in [0.1, 0.15) is 78.2 Å². The fraction of sp³-hybridized carbons (Fsp3) is 0.433. The molecule has 39 heavy (non-hydrogen) atoms. The summed E-state index contributed by atoms with van der Waals surface area (Å²) >= 11 is 1.44. The molecule has 1 atom stereocenters. The van der Waals surface area contributed by atoms with E-state index in [1.165, 1.54) is 11.3 Å². The molecule has 5 rings (SSSR count). The molecular weight excluding hydrogens is 516 g/mol. The van der Waals surface area contributed by atoms with Crippen molar-refractivity contribution < 1.29 is 28.6 Å². The van der Waals surface area contributed by atoms with Crippen LogP contribution in [0.4, 0.5) is 5.00 Å². The largest absolute Gasteiger partial charge is 0.493 e. The van der Waals surface area contributed by atoms with Gasteiger partial charge in [0.05, 0.1) is 32.3 Å². The lowest BCUT2D eigenvalue weighted by atomic mass is 9.74. The molecule has 206 valence electrons. The van der Waals surface area contributed by atoms with E-state index in [-0.39, 0.29) is 18.3 Å². The van der Waals surface area contributed by atoms with Gasteiger partial charge in [-0.2, -0.15) is 0 Å². The number of thiophene rings is 1. The average Bonchev–Trinajstić information content (AvgIpc) is 3.29. The molecule has 1 unspecified atom stereocenters. The van der Waals surface area contributed by atoms with E-state index in [2.05, 4.69) is 10.6 Å². The summed E-state index contributed by atoms with van der Waals surface area (Å²) in [6.07, 6.45) is 5.60. The molecule has 9 heteroatoms. The van der Waals surface area contributed by atoms with Crippen molar-refractivity contribution in [1.29, 1.82) is 0 Å². The number of ether oxygens (including phenoxy) is 3. The van der Waals surface area contributed by atoms with E-state index in [0.717, 1.165) is 54.7 Å². The number of methoxy groups -OCH3 is 2. The molecule has 2 heterocycles. The number of benzene rings is 1. The van der Waals surface area contributed by atoms with Gasteiger partial charge in [-0.25, -0.2) is 4.79 Å². The van der Waals surface area contributed by atoms with Gasteiger partial charge in [-0.3, -0.25) is 9.59 Å². The second kappa shape index (κ2) is 11.3. The van der Waals surface area contributed by atoms with Gasteiger partial charge < -0.3 is 24.8 Å². The third-order valence-corrected chi connectivity index (χ3v) is 8.85. The predicted octanol–water partition coefficient (Wildman–Crippen LogP) is 5.43. The zero-order chi connectivity index (χ0) is 27.7. The SMILES string of the molecule is CCOC(=O)c1c(NC(=O)C2=C(C)NC3=C(C(=O)CCC3)C2c2cccc(OC)c2OC)sc2c1CCCC2. The molecule has 1 aliphatic heterocycles. The average molecular weight is 551 g/mol. The lowest BCUT2D eigenvalue weighted by molar-refractivity contribution is -0.116. The number of hydrogen-bond donors (Lipinski definition) is 2. The predicted molar refractivity (Wildman–Crippen MR) is 150 cm³/mol. The maximum Gasteiger partial charge on any atom is 0.341 e. The molecule has 1 aromatic heterocycles. The van der Waals surface area contributed by atoms with Crippen molar-refractivity contribution in [3.63, 3.8) is 0 Å². The van der Waals surface area contributed by atoms with Crippen molar-refractivity contribution in [3.8, 4) is 11.5 Å². The fourth-order valence-corrected chi connectivity index (χ4v) is 7.25. The number of ketones is 1. The van der Waals surface area contributed by atoms with Crippen molar-refractivity contribution in [2.24, 2.45) is 0 Å². The number of Topliss-reactive ketones (excluding diaryl/α,β-unsaturated/α-hetero) is 1. The van der Waals surface area contributed by atoms with Gasteiger partial charge >= 0.3 is 5.97 Å². The van der Waals surface area contributed by atoms with Crippen LogP contribution in [0, 0.1) is 0 Å². The summed E-state index contributed by atoms with van der Waals surface area (Å²) in [5.41, 5.74) is 4.61. The zero-order valence-electron chi connectivity index (χ0n) is 22.8. The summed E-state index contributed by atoms with van der Waals surface area (Å²) in [5.74, 6) is -0.432. The Morgan fingerprint density at radius 3 is 2.62 bits per heavy atom. The van der Waals surface area contributed by atoms with Gasteiger partial charge in [0.15, 0.2) is 17.3 Å². The third-order valence-electron chi connectivity index (χ3n) is 7.64. The van der Waals surface area contributed by atoms with Crippen molar-refractivity contribution in [2.75, 3.05) is 26.1 Å². The Morgan fingerprint density at radius 2 is 1.87 bits per heavy atom. The summed E-state index contributed by atoms with van der Waals surface area (Å²) in [5, 5.41) is 6.91. The number of para-hydroxylation sites is 1. The van der Waals surface area contributed by atoms with Gasteiger partial charge in [-0.1, -0.05) is 12.1 Å². The Morgan fingerprint density at radius 1 is 1.08 bits per heavy atom. The van der Waals surface area contributed by atoms with Gasteiger partial charge in [-0.15, -0.1) is 11.3 Å². The normalized spacial score (nSPS) is 18.7. The van der Waals surface area contributed by atoms with E-state index < -0.39 is 11.9 Å². The minimum atomic E-state index is -0.653. The second-order valence-corrected chi connectivity index (χ2v) is 11.0. The van der Waals surface area contributed by atoms with Gasteiger partial charge in [0.25, 0.3) is 5.91 Å². The summed E-state index contributed by atoms with van der Waals surface area (Å²) in [7, 11) is 3.11. The van der Waals surface area contributed by atoms with Crippen LogP contribution in [-0.4, -0.2) is 38.5 Å². The summed E-state index contributed by atoms with van der Waals surface area (Å²) in [4.78, 5) is 41.7. The number of hydrogen-bond acceptors (Lipinski definition) is 8. The van der Waals surface area contributed by atoms with Gasteiger partial charge in [0, 0.05) is 39.4 Å². The smallest absolute Gasteiger partial charge is 0.341 e. The number of nitrogens with one attached hydrogen (secondary N) is 2. The number of carbonyl (C=O) groups excluding carboxylic acids is 3. The third kappa shape index (κ3) is 4.84. The van der Waals surface area contributed by atoms with Gasteiger partial charge in [0.2, 0.25) is 0 Å². The molecule has 0 fully saturated rings. The maximum atomic E-state index is 14.2. The first-order chi connectivity index (χ1) is 18.9. The van der Waals surface area contributed by atoms with E-state index >= 15 is 0 Å². The Kier molecular flexibility index (Phi) is 7.79. The minimum absolute atomic E-state index is 0.00947. The number of esters is 1. The standard InChI is InChI=1S/C30H34N2O6S/c1-5-38-30(35)25-17-10-6-7-15-22(17)39-29(25)32-28(34)23-16(2)31-19-12-9-13-20(33)26(19)24(23)18-11-8-14-21(36-3)27(18)37-4/h8,11,14,24,31H,5-7,9-10,12-13,15H2,1-4H3,(H,32,34). The Hall–Kier alpha value is -3.59. The van der Waals surface area contributed by atoms with Crippen molar-refractivity contribution in [3.05, 3.63) is 62.3 Å². The van der Waals surface area contributed by atoms with Crippen molar-refractivity contribution >= 4 is 34.0 Å². The number of allylic oxidation sites excluding steroid dienone is 3. The monoisotopic (exact) mass is 550 g/mol. The van der Waals surface area contributed by atoms with Crippen LogP contribution in [-0.2, 0) is 27.2 Å². The summed E-state index contributed by atoms with van der Waals surface area (Å²) in [6, 6.07) is 5.50. The lowest BCUT2D eigenvalue weighted by Crippen LogP contribution is -2.35. The molecule has 1 amide bonds.